The van der Waals surface area contributed by atoms with Crippen LogP contribution in [0.4, 0.5) is 5.69 Å². The summed E-state index contributed by atoms with van der Waals surface area (Å²) in [7, 11) is 0. The molecule has 1 aliphatic rings. The van der Waals surface area contributed by atoms with Gasteiger partial charge in [-0.2, -0.15) is 0 Å². The van der Waals surface area contributed by atoms with Gasteiger partial charge in [-0.1, -0.05) is 15.9 Å². The molecular formula is C13H16BrN3O2. The monoisotopic (exact) mass is 325 g/mol. The van der Waals surface area contributed by atoms with Gasteiger partial charge in [0.05, 0.1) is 5.56 Å². The number of amides is 2. The van der Waals surface area contributed by atoms with E-state index in [1.165, 1.54) is 6.92 Å². The molecule has 1 aliphatic heterocycles. The van der Waals surface area contributed by atoms with E-state index < -0.39 is 0 Å². The topological polar surface area (TPSA) is 75.4 Å². The van der Waals surface area contributed by atoms with Crippen LogP contribution in [0.1, 0.15) is 23.7 Å². The smallest absolute Gasteiger partial charge is 0.256 e. The Hall–Kier alpha value is -1.56. The van der Waals surface area contributed by atoms with E-state index >= 15 is 0 Å². The second kappa shape index (κ2) is 5.61. The number of nitrogens with zero attached hydrogens (tertiary/aromatic N) is 1. The van der Waals surface area contributed by atoms with Crippen molar-refractivity contribution < 1.29 is 9.59 Å². The van der Waals surface area contributed by atoms with Crippen molar-refractivity contribution in [3.8, 4) is 0 Å². The molecule has 19 heavy (non-hydrogen) atoms. The van der Waals surface area contributed by atoms with Gasteiger partial charge in [0.1, 0.15) is 0 Å². The molecule has 0 aliphatic carbocycles. The lowest BCUT2D eigenvalue weighted by Crippen LogP contribution is -2.37. The van der Waals surface area contributed by atoms with Crippen LogP contribution in [-0.2, 0) is 4.79 Å². The molecule has 2 rings (SSSR count). The van der Waals surface area contributed by atoms with Crippen LogP contribution < -0.4 is 11.1 Å². The molecule has 0 saturated carbocycles. The quantitative estimate of drug-likeness (QED) is 0.807. The number of rotatable bonds is 2. The zero-order chi connectivity index (χ0) is 14.0. The summed E-state index contributed by atoms with van der Waals surface area (Å²) in [6, 6.07) is 5.27. The van der Waals surface area contributed by atoms with Gasteiger partial charge in [-0.15, -0.1) is 0 Å². The van der Waals surface area contributed by atoms with Gasteiger partial charge in [0.2, 0.25) is 5.91 Å². The molecule has 1 heterocycles. The number of hydrogen-bond donors (Lipinski definition) is 2. The molecule has 5 nitrogen and oxygen atoms in total. The number of likely N-dealkylation sites (tertiary alicyclic amines) is 1. The number of benzene rings is 1. The Kier molecular flexibility index (Phi) is 4.09. The number of nitrogens with one attached hydrogen (secondary N) is 1. The van der Waals surface area contributed by atoms with Crippen LogP contribution >= 0.6 is 15.9 Å². The zero-order valence-electron chi connectivity index (χ0n) is 10.6. The molecule has 0 aromatic heterocycles. The fraction of sp³-hybridized carbons (Fsp3) is 0.385. The highest BCUT2D eigenvalue weighted by Gasteiger charge is 2.28. The lowest BCUT2D eigenvalue weighted by atomic mass is 10.1. The molecule has 1 fully saturated rings. The molecule has 1 aromatic carbocycles. The largest absolute Gasteiger partial charge is 0.398 e. The molecule has 0 bridgehead atoms. The Morgan fingerprint density at radius 2 is 2.21 bits per heavy atom. The highest BCUT2D eigenvalue weighted by molar-refractivity contribution is 9.10. The number of carbonyl (C=O) groups is 2. The van der Waals surface area contributed by atoms with Crippen LogP contribution in [0, 0.1) is 0 Å². The minimum Gasteiger partial charge on any atom is -0.398 e. The predicted octanol–water partition coefficient (Wildman–Crippen LogP) is 1.38. The maximum atomic E-state index is 12.3. The van der Waals surface area contributed by atoms with E-state index in [9.17, 15) is 9.59 Å². The first-order valence-corrected chi connectivity index (χ1v) is 6.88. The van der Waals surface area contributed by atoms with Crippen molar-refractivity contribution in [3.05, 3.63) is 28.2 Å². The average Bonchev–Trinajstić information content (AvgIpc) is 2.75. The molecule has 1 aromatic rings. The molecule has 2 amide bonds. The fourth-order valence-electron chi connectivity index (χ4n) is 2.25. The van der Waals surface area contributed by atoms with Gasteiger partial charge in [-0.25, -0.2) is 0 Å². The number of hydrogen-bond acceptors (Lipinski definition) is 3. The van der Waals surface area contributed by atoms with Crippen LogP contribution in [0.3, 0.4) is 0 Å². The van der Waals surface area contributed by atoms with E-state index in [1.807, 2.05) is 0 Å². The van der Waals surface area contributed by atoms with Crippen LogP contribution in [0.15, 0.2) is 22.7 Å². The molecule has 1 saturated heterocycles. The summed E-state index contributed by atoms with van der Waals surface area (Å²) in [5, 5.41) is 2.83. The Balaban J connectivity index is 2.07. The average molecular weight is 326 g/mol. The van der Waals surface area contributed by atoms with E-state index in [4.69, 9.17) is 5.73 Å². The number of carbonyl (C=O) groups excluding carboxylic acids is 2. The van der Waals surface area contributed by atoms with Gasteiger partial charge >= 0.3 is 0 Å². The Morgan fingerprint density at radius 1 is 1.47 bits per heavy atom. The van der Waals surface area contributed by atoms with Gasteiger partial charge in [-0.3, -0.25) is 9.59 Å². The second-order valence-electron chi connectivity index (χ2n) is 4.67. The summed E-state index contributed by atoms with van der Waals surface area (Å²) in [6.45, 7) is 2.66. The van der Waals surface area contributed by atoms with E-state index in [1.54, 1.807) is 23.1 Å². The van der Waals surface area contributed by atoms with Crippen molar-refractivity contribution in [2.75, 3.05) is 18.8 Å². The number of nitrogens with two attached hydrogens (primary N) is 1. The minimum absolute atomic E-state index is 0.0399. The van der Waals surface area contributed by atoms with Gasteiger partial charge < -0.3 is 16.0 Å². The number of anilines is 1. The molecular weight excluding hydrogens is 310 g/mol. The maximum Gasteiger partial charge on any atom is 0.256 e. The third-order valence-corrected chi connectivity index (χ3v) is 3.62. The van der Waals surface area contributed by atoms with Gasteiger partial charge in [0.15, 0.2) is 0 Å². The molecule has 102 valence electrons. The van der Waals surface area contributed by atoms with Gasteiger partial charge in [0.25, 0.3) is 5.91 Å². The Bertz CT molecular complexity index is 519. The normalized spacial score (nSPS) is 18.4. The van der Waals surface area contributed by atoms with E-state index in [0.29, 0.717) is 24.3 Å². The first-order valence-electron chi connectivity index (χ1n) is 6.09. The van der Waals surface area contributed by atoms with Crippen LogP contribution in [0.25, 0.3) is 0 Å². The van der Waals surface area contributed by atoms with Crippen molar-refractivity contribution in [1.29, 1.82) is 0 Å². The summed E-state index contributed by atoms with van der Waals surface area (Å²) >= 11 is 3.31. The van der Waals surface area contributed by atoms with E-state index in [2.05, 4.69) is 21.2 Å². The SMILES string of the molecule is CC(=O)NC1CCN(C(=O)c2ccc(Br)cc2N)C1. The fourth-order valence-corrected chi connectivity index (χ4v) is 2.63. The number of halogens is 1. The zero-order valence-corrected chi connectivity index (χ0v) is 12.2. The van der Waals surface area contributed by atoms with E-state index in [-0.39, 0.29) is 17.9 Å². The molecule has 1 unspecified atom stereocenters. The summed E-state index contributed by atoms with van der Waals surface area (Å²) in [5.41, 5.74) is 6.82. The van der Waals surface area contributed by atoms with Crippen molar-refractivity contribution in [2.24, 2.45) is 0 Å². The summed E-state index contributed by atoms with van der Waals surface area (Å²) < 4.78 is 0.846. The second-order valence-corrected chi connectivity index (χ2v) is 5.58. The van der Waals surface area contributed by atoms with Gasteiger partial charge in [-0.05, 0) is 24.6 Å². The Labute approximate surface area is 120 Å². The Morgan fingerprint density at radius 3 is 2.84 bits per heavy atom. The van der Waals surface area contributed by atoms with Crippen molar-refractivity contribution in [1.82, 2.24) is 10.2 Å². The van der Waals surface area contributed by atoms with E-state index in [0.717, 1.165) is 10.9 Å². The standard InChI is InChI=1S/C13H16BrN3O2/c1-8(18)16-10-4-5-17(7-10)13(19)11-3-2-9(14)6-12(11)15/h2-3,6,10H,4-5,7,15H2,1H3,(H,16,18). The lowest BCUT2D eigenvalue weighted by Gasteiger charge is -2.18. The predicted molar refractivity (Wildman–Crippen MR) is 76.7 cm³/mol. The van der Waals surface area contributed by atoms with Crippen molar-refractivity contribution in [3.63, 3.8) is 0 Å². The lowest BCUT2D eigenvalue weighted by molar-refractivity contribution is -0.119. The molecule has 0 radical (unpaired) electrons. The number of nitrogen functional groups attached to an aromatic ring is 1. The minimum atomic E-state index is -0.0853. The molecule has 1 atom stereocenters. The highest BCUT2D eigenvalue weighted by atomic mass is 79.9. The third-order valence-electron chi connectivity index (χ3n) is 3.13. The van der Waals surface area contributed by atoms with Crippen molar-refractivity contribution >= 4 is 33.4 Å². The van der Waals surface area contributed by atoms with Gasteiger partial charge in [0, 0.05) is 36.2 Å². The first-order chi connectivity index (χ1) is 8.97. The highest BCUT2D eigenvalue weighted by Crippen LogP contribution is 2.22. The summed E-state index contributed by atoms with van der Waals surface area (Å²) in [5.74, 6) is -0.152. The maximum absolute atomic E-state index is 12.3. The molecule has 6 heteroatoms. The first kappa shape index (κ1) is 13.9. The van der Waals surface area contributed by atoms with Crippen LogP contribution in [0.5, 0.6) is 0 Å². The third kappa shape index (κ3) is 3.26. The molecule has 3 N–H and O–H groups in total. The summed E-state index contributed by atoms with van der Waals surface area (Å²) in [6.07, 6.45) is 0.780. The van der Waals surface area contributed by atoms with Crippen molar-refractivity contribution in [2.45, 2.75) is 19.4 Å². The van der Waals surface area contributed by atoms with Crippen LogP contribution in [0.2, 0.25) is 0 Å². The molecule has 0 spiro atoms. The van der Waals surface area contributed by atoms with Crippen LogP contribution in [-0.4, -0.2) is 35.8 Å². The summed E-state index contributed by atoms with van der Waals surface area (Å²) in [4.78, 5) is 25.0.